The number of amides is 3. The molecule has 2 heterocycles. The van der Waals surface area contributed by atoms with Crippen molar-refractivity contribution in [3.8, 4) is 0 Å². The molecule has 0 bridgehead atoms. The number of benzene rings is 4. The lowest BCUT2D eigenvalue weighted by Crippen LogP contribution is -2.28. The first kappa shape index (κ1) is 58.4. The summed E-state index contributed by atoms with van der Waals surface area (Å²) in [7, 11) is 0. The van der Waals surface area contributed by atoms with Gasteiger partial charge in [0.1, 0.15) is 0 Å². The van der Waals surface area contributed by atoms with E-state index in [0.29, 0.717) is 41.8 Å². The lowest BCUT2D eigenvalue weighted by Gasteiger charge is -2.10. The zero-order valence-corrected chi connectivity index (χ0v) is 40.1. The fourth-order valence-electron chi connectivity index (χ4n) is 5.68. The molecule has 4 aromatic rings. The van der Waals surface area contributed by atoms with Gasteiger partial charge in [-0.1, -0.05) is 110 Å². The van der Waals surface area contributed by atoms with E-state index in [-0.39, 0.29) is 54.5 Å². The van der Waals surface area contributed by atoms with Crippen molar-refractivity contribution in [1.29, 1.82) is 0 Å². The molecule has 0 N–H and O–H groups in total. The average molecular weight is 1020 g/mol. The van der Waals surface area contributed by atoms with Gasteiger partial charge in [0, 0.05) is 68.7 Å². The summed E-state index contributed by atoms with van der Waals surface area (Å²) in [5, 5.41) is 22.0. The minimum atomic E-state index is -2.12. The van der Waals surface area contributed by atoms with Gasteiger partial charge in [0.25, 0.3) is 11.4 Å². The van der Waals surface area contributed by atoms with Crippen LogP contribution in [0.4, 0.5) is 33.3 Å². The molecule has 356 valence electrons. The van der Waals surface area contributed by atoms with E-state index in [9.17, 15) is 56.6 Å². The minimum Gasteiger partial charge on any atom is -0.343 e. The van der Waals surface area contributed by atoms with Crippen LogP contribution in [0.15, 0.2) is 48.5 Å². The van der Waals surface area contributed by atoms with Gasteiger partial charge in [-0.05, 0) is 62.6 Å². The van der Waals surface area contributed by atoms with Gasteiger partial charge >= 0.3 is 0 Å². The smallest absolute Gasteiger partial charge is 0.269 e. The van der Waals surface area contributed by atoms with Gasteiger partial charge in [-0.2, -0.15) is 0 Å². The van der Waals surface area contributed by atoms with Crippen LogP contribution < -0.4 is 0 Å². The number of imide groups is 1. The quantitative estimate of drug-likeness (QED) is 0.0427. The van der Waals surface area contributed by atoms with Gasteiger partial charge in [0.05, 0.1) is 35.0 Å². The number of nitrogens with zero attached hydrogens (tertiary/aromatic N) is 4. The Morgan fingerprint density at radius 3 is 1.31 bits per heavy atom. The maximum absolute atomic E-state index is 12.7. The highest BCUT2D eigenvalue weighted by atomic mass is 35.5. The van der Waals surface area contributed by atoms with Crippen molar-refractivity contribution in [2.45, 2.75) is 92.9 Å². The third-order valence-electron chi connectivity index (χ3n) is 9.42. The van der Waals surface area contributed by atoms with E-state index in [4.69, 9.17) is 58.0 Å². The fraction of sp³-hybridized carbons (Fsp3) is 0.386. The average Bonchev–Trinajstić information content (AvgIpc) is 3.89. The lowest BCUT2D eigenvalue weighted by molar-refractivity contribution is -0.385. The number of hydrogen-bond donors (Lipinski definition) is 0. The van der Waals surface area contributed by atoms with Gasteiger partial charge in [-0.15, -0.1) is 0 Å². The molecule has 0 saturated carbocycles. The van der Waals surface area contributed by atoms with E-state index in [1.807, 2.05) is 38.7 Å². The van der Waals surface area contributed by atoms with E-state index < -0.39 is 34.6 Å². The molecule has 0 atom stereocenters. The second-order valence-electron chi connectivity index (χ2n) is 13.5. The lowest BCUT2D eigenvalue weighted by atomic mass is 10.1. The van der Waals surface area contributed by atoms with Crippen LogP contribution in [0.5, 0.6) is 0 Å². The number of hydrogen-bond acceptors (Lipinski definition) is 7. The number of carbonyl (C=O) groups excluding carboxylic acids is 3. The number of halogens is 10. The van der Waals surface area contributed by atoms with Crippen molar-refractivity contribution in [3.63, 3.8) is 0 Å². The first-order valence-corrected chi connectivity index (χ1v) is 22.0. The first-order chi connectivity index (χ1) is 30.6. The van der Waals surface area contributed by atoms with Crippen molar-refractivity contribution in [3.05, 3.63) is 145 Å². The van der Waals surface area contributed by atoms with Crippen molar-refractivity contribution < 1.29 is 46.2 Å². The highest BCUT2D eigenvalue weighted by Crippen LogP contribution is 2.44. The monoisotopic (exact) mass is 1010 g/mol. The Morgan fingerprint density at radius 1 is 0.523 bits per heavy atom. The summed E-state index contributed by atoms with van der Waals surface area (Å²) >= 11 is 29.3. The maximum atomic E-state index is 12.7. The molecule has 2 aliphatic rings. The van der Waals surface area contributed by atoms with E-state index in [0.717, 1.165) is 55.5 Å². The molecular weight excluding hydrogens is 969 g/mol. The zero-order chi connectivity index (χ0) is 49.7. The Bertz CT molecular complexity index is 2150. The number of nitro groups is 2. The van der Waals surface area contributed by atoms with E-state index in [2.05, 4.69) is 0 Å². The fourth-order valence-corrected chi connectivity index (χ4v) is 7.12. The van der Waals surface area contributed by atoms with Crippen LogP contribution in [0.2, 0.25) is 25.1 Å². The SMILES string of the molecule is CCN1C(=O)CCC1=O.CCN1CCCC1=O.CCc1c(Cl)c(Cl)c(Cl)c(Cl)c1Cl.CCc1c(F)c(F)c(F)c(F)c1F.CCc1ccc([N+](=O)[O-])cc1.CCc1cccc([N+](=O)[O-])c1. The van der Waals surface area contributed by atoms with Crippen LogP contribution in [0.3, 0.4) is 0 Å². The van der Waals surface area contributed by atoms with Crippen LogP contribution in [-0.4, -0.2) is 57.0 Å². The van der Waals surface area contributed by atoms with E-state index in [1.54, 1.807) is 31.2 Å². The second kappa shape index (κ2) is 29.1. The van der Waals surface area contributed by atoms with Gasteiger partial charge < -0.3 is 4.90 Å². The van der Waals surface area contributed by atoms with Gasteiger partial charge in [0.15, 0.2) is 23.3 Å². The number of nitro benzene ring substituents is 2. The minimum absolute atomic E-state index is 0.0255. The Kier molecular flexibility index (Phi) is 26.2. The van der Waals surface area contributed by atoms with E-state index in [1.165, 1.54) is 30.0 Å². The van der Waals surface area contributed by atoms with Crippen LogP contribution >= 0.6 is 58.0 Å². The van der Waals surface area contributed by atoms with Gasteiger partial charge in [-0.3, -0.25) is 39.5 Å². The molecule has 65 heavy (non-hydrogen) atoms. The summed E-state index contributed by atoms with van der Waals surface area (Å²) < 4.78 is 62.6. The second-order valence-corrected chi connectivity index (χ2v) is 15.4. The third-order valence-corrected chi connectivity index (χ3v) is 11.8. The molecule has 2 saturated heterocycles. The molecule has 0 unspecified atom stereocenters. The van der Waals surface area contributed by atoms with Crippen LogP contribution in [0.1, 0.15) is 89.5 Å². The predicted octanol–water partition coefficient (Wildman–Crippen LogP) is 13.6. The molecule has 0 radical (unpaired) electrons. The highest BCUT2D eigenvalue weighted by molar-refractivity contribution is 6.55. The molecule has 0 aliphatic carbocycles. The molecule has 2 fully saturated rings. The Morgan fingerprint density at radius 2 is 0.969 bits per heavy atom. The number of rotatable bonds is 8. The Labute approximate surface area is 399 Å². The van der Waals surface area contributed by atoms with Gasteiger partial charge in [0.2, 0.25) is 23.5 Å². The summed E-state index contributed by atoms with van der Waals surface area (Å²) in [6.45, 7) is 13.4. The van der Waals surface area contributed by atoms with Crippen molar-refractivity contribution >= 4 is 87.1 Å². The van der Waals surface area contributed by atoms with Crippen molar-refractivity contribution in [2.75, 3.05) is 19.6 Å². The van der Waals surface area contributed by atoms with Gasteiger partial charge in [-0.25, -0.2) is 22.0 Å². The summed E-state index contributed by atoms with van der Waals surface area (Å²) in [5.41, 5.74) is 2.39. The summed E-state index contributed by atoms with van der Waals surface area (Å²) in [6, 6.07) is 13.3. The maximum Gasteiger partial charge on any atom is 0.269 e. The molecule has 4 aromatic carbocycles. The molecule has 11 nitrogen and oxygen atoms in total. The first-order valence-electron chi connectivity index (χ1n) is 20.2. The zero-order valence-electron chi connectivity index (χ0n) is 36.3. The number of non-ortho nitro benzene ring substituents is 2. The Balaban J connectivity index is 0.000000393. The molecule has 0 aromatic heterocycles. The predicted molar refractivity (Wildman–Crippen MR) is 245 cm³/mol. The number of carbonyl (C=O) groups is 3. The largest absolute Gasteiger partial charge is 0.343 e. The normalized spacial score (nSPS) is 12.6. The molecular formula is C44H48Cl5F5N4O7. The topological polar surface area (TPSA) is 144 Å². The Hall–Kier alpha value is -4.61. The molecule has 6 rings (SSSR count). The standard InChI is InChI=1S/C8H5Cl5.C8H5F5.2C8H9NO2.C6H9NO2.C6H11NO/c2*1-2-3-4(9)6(11)8(13)7(12)5(3)10;1-2-7-3-5-8(6-4-7)9(10)11;1-2-7-4-3-5-8(6-7)9(10)11;1-2-7-5(8)3-4-6(7)9;1-2-7-5-3-4-6(7)8/h2*2H2,1H3;2*3-6H,2H2,1H3;2-4H2,1H3;2-5H2,1H3. The molecule has 0 spiro atoms. The molecule has 3 amide bonds. The van der Waals surface area contributed by atoms with Crippen molar-refractivity contribution in [2.24, 2.45) is 0 Å². The summed E-state index contributed by atoms with van der Waals surface area (Å²) in [6.07, 6.45) is 4.82. The van der Waals surface area contributed by atoms with Crippen LogP contribution in [0.25, 0.3) is 0 Å². The van der Waals surface area contributed by atoms with Crippen LogP contribution in [0, 0.1) is 49.3 Å². The van der Waals surface area contributed by atoms with E-state index >= 15 is 0 Å². The highest BCUT2D eigenvalue weighted by Gasteiger charge is 2.27. The number of likely N-dealkylation sites (tertiary alicyclic amines) is 2. The summed E-state index contributed by atoms with van der Waals surface area (Å²) in [4.78, 5) is 55.1. The molecule has 2 aliphatic heterocycles. The third kappa shape index (κ3) is 17.3. The van der Waals surface area contributed by atoms with Crippen LogP contribution in [-0.2, 0) is 40.1 Å². The number of aryl methyl sites for hydroxylation is 2. The van der Waals surface area contributed by atoms with Crippen molar-refractivity contribution in [1.82, 2.24) is 9.80 Å². The molecule has 21 heteroatoms. The summed E-state index contributed by atoms with van der Waals surface area (Å²) in [5.74, 6) is -9.13.